The largest absolute Gasteiger partial charge is 0.241 e. The summed E-state index contributed by atoms with van der Waals surface area (Å²) >= 11 is 0. The molecule has 0 atom stereocenters. The monoisotopic (exact) mass is 900 g/mol. The van der Waals surface area contributed by atoms with Crippen LogP contribution in [0.5, 0.6) is 0 Å². The van der Waals surface area contributed by atoms with Gasteiger partial charge in [-0.2, -0.15) is 0 Å². The predicted octanol–water partition coefficient (Wildman–Crippen LogP) is 13.2. The van der Waals surface area contributed by atoms with Crippen molar-refractivity contribution in [1.29, 1.82) is 0 Å². The molecule has 5 aliphatic heterocycles. The molecule has 64 heavy (non-hydrogen) atoms. The van der Waals surface area contributed by atoms with E-state index < -0.39 is 183 Å². The Kier molecular flexibility index (Phi) is 9.79. The van der Waals surface area contributed by atoms with Crippen molar-refractivity contribution < 1.29 is 70.2 Å². The number of hydrogen-bond acceptors (Lipinski definition) is 4. The summed E-state index contributed by atoms with van der Waals surface area (Å²) in [5, 5.41) is 0. The fraction of sp³-hybridized carbons (Fsp3) is 0. The van der Waals surface area contributed by atoms with Gasteiger partial charge < -0.3 is 0 Å². The molecular weight excluding hydrogens is 888 g/mol. The van der Waals surface area contributed by atoms with Crippen molar-refractivity contribution in [3.05, 3.63) is 211 Å². The summed E-state index contributed by atoms with van der Waals surface area (Å²) in [6.45, 7) is 0. The molecule has 8 bridgehead atoms. The van der Waals surface area contributed by atoms with Gasteiger partial charge in [0.1, 0.15) is 92.2 Å². The van der Waals surface area contributed by atoms with Crippen LogP contribution in [0.3, 0.4) is 0 Å². The molecule has 9 rings (SSSR count). The minimum absolute atomic E-state index is 0.451. The Hall–Kier alpha value is -7.64. The SMILES string of the molecule is FC1=C(F)C2=C(c3c(F)cccc3F)C3=NC(=C(c4c(F)cccc4F)C4=NC(=C(c5c(F)cccc5F)C5=NC(=C(c6c(F)cccc6F)C1=N2)C(F)=C5F)C(F)=C4F)C(F)=C3F. The van der Waals surface area contributed by atoms with E-state index in [2.05, 4.69) is 20.0 Å². The molecule has 5 heterocycles. The van der Waals surface area contributed by atoms with Gasteiger partial charge in [0.05, 0.1) is 22.3 Å². The lowest BCUT2D eigenvalue weighted by Crippen LogP contribution is -2.10. The first-order valence-electron chi connectivity index (χ1n) is 17.8. The first-order valence-corrected chi connectivity index (χ1v) is 17.8. The number of nitrogens with zero attached hydrogens (tertiary/aromatic N) is 4. The molecule has 4 aromatic carbocycles. The van der Waals surface area contributed by atoms with E-state index in [0.29, 0.717) is 72.8 Å². The van der Waals surface area contributed by atoms with Crippen LogP contribution in [-0.4, -0.2) is 22.8 Å². The molecule has 320 valence electrons. The Bertz CT molecular complexity index is 2800. The molecule has 4 nitrogen and oxygen atoms in total. The van der Waals surface area contributed by atoms with Crippen LogP contribution >= 0.6 is 0 Å². The summed E-state index contributed by atoms with van der Waals surface area (Å²) in [4.78, 5) is 14.2. The zero-order valence-electron chi connectivity index (χ0n) is 30.8. The average molecular weight is 901 g/mol. The number of hydrogen-bond donors (Lipinski definition) is 0. The van der Waals surface area contributed by atoms with E-state index in [4.69, 9.17) is 0 Å². The smallest absolute Gasteiger partial charge is 0.187 e. The van der Waals surface area contributed by atoms with Crippen LogP contribution in [-0.2, 0) is 0 Å². The number of aliphatic imine (C=N–C) groups is 4. The summed E-state index contributed by atoms with van der Waals surface area (Å²) in [6, 6.07) is 6.43. The minimum atomic E-state index is -2.43. The van der Waals surface area contributed by atoms with E-state index in [1.54, 1.807) is 0 Å². The van der Waals surface area contributed by atoms with E-state index >= 15 is 70.2 Å². The molecule has 4 aromatic rings. The lowest BCUT2D eigenvalue weighted by atomic mass is 9.95. The van der Waals surface area contributed by atoms with Crippen LogP contribution in [0.25, 0.3) is 22.3 Å². The standard InChI is InChI=1S/C44H12F16N4/c45-13-5-1-6-14(46)21(13)25-37-29(53)31(55)39(61-37)26(22-15(47)7-2-8-16(22)48)41-33(57)35(59)43(63-41)28(24-19(51)11-4-12-20(24)52)44-36(60)34(58)42(64-44)27(23-17(49)9-3-10-18(23)50)40-32(56)30(54)38(25)62-40/h1-12H. The zero-order chi connectivity index (χ0) is 45.8. The van der Waals surface area contributed by atoms with Crippen molar-refractivity contribution in [3.8, 4) is 0 Å². The molecule has 0 saturated heterocycles. The molecule has 0 spiro atoms. The second-order valence-electron chi connectivity index (χ2n) is 13.6. The Balaban J connectivity index is 1.58. The zero-order valence-corrected chi connectivity index (χ0v) is 30.8. The lowest BCUT2D eigenvalue weighted by Gasteiger charge is -2.14. The Morgan fingerprint density at radius 1 is 0.219 bits per heavy atom. The van der Waals surface area contributed by atoms with E-state index in [-0.39, 0.29) is 0 Å². The summed E-state index contributed by atoms with van der Waals surface area (Å²) < 4.78 is 258. The van der Waals surface area contributed by atoms with Gasteiger partial charge in [0, 0.05) is 22.3 Å². The Morgan fingerprint density at radius 3 is 0.531 bits per heavy atom. The minimum Gasteiger partial charge on any atom is -0.241 e. The van der Waals surface area contributed by atoms with Crippen LogP contribution in [0.4, 0.5) is 70.2 Å². The van der Waals surface area contributed by atoms with Gasteiger partial charge in [-0.1, -0.05) is 24.3 Å². The van der Waals surface area contributed by atoms with Gasteiger partial charge in [-0.15, -0.1) is 0 Å². The van der Waals surface area contributed by atoms with Crippen LogP contribution < -0.4 is 0 Å². The number of allylic oxidation sites excluding steroid dienone is 12. The average Bonchev–Trinajstić information content (AvgIpc) is 3.91. The Labute approximate surface area is 346 Å². The van der Waals surface area contributed by atoms with Crippen molar-refractivity contribution in [2.24, 2.45) is 20.0 Å². The second kappa shape index (κ2) is 15.0. The molecule has 5 aliphatic rings. The van der Waals surface area contributed by atoms with Gasteiger partial charge in [0.2, 0.25) is 0 Å². The molecule has 0 amide bonds. The van der Waals surface area contributed by atoms with Gasteiger partial charge in [0.25, 0.3) is 0 Å². The highest BCUT2D eigenvalue weighted by Crippen LogP contribution is 2.50. The number of halogens is 16. The third-order valence-corrected chi connectivity index (χ3v) is 10.1. The summed E-state index contributed by atoms with van der Waals surface area (Å²) in [6.07, 6.45) is 0. The van der Waals surface area contributed by atoms with E-state index in [1.165, 1.54) is 0 Å². The highest BCUT2D eigenvalue weighted by Gasteiger charge is 2.45. The molecule has 20 heteroatoms. The molecule has 0 unspecified atom stereocenters. The maximum atomic E-state index is 16.5. The molecule has 0 fully saturated rings. The molecule has 0 aliphatic carbocycles. The van der Waals surface area contributed by atoms with Gasteiger partial charge in [-0.3, -0.25) is 0 Å². The van der Waals surface area contributed by atoms with E-state index in [1.807, 2.05) is 0 Å². The molecule has 0 N–H and O–H groups in total. The van der Waals surface area contributed by atoms with Gasteiger partial charge in [-0.05, 0) is 48.5 Å². The van der Waals surface area contributed by atoms with Gasteiger partial charge in [0.15, 0.2) is 46.6 Å². The fourth-order valence-corrected chi connectivity index (χ4v) is 7.34. The lowest BCUT2D eigenvalue weighted by molar-refractivity contribution is 0.569. The second-order valence-corrected chi connectivity index (χ2v) is 13.6. The number of fused-ring (bicyclic) bond motifs is 4. The van der Waals surface area contributed by atoms with E-state index in [0.717, 1.165) is 0 Å². The van der Waals surface area contributed by atoms with Crippen LogP contribution in [0.15, 0.2) is 162 Å². The van der Waals surface area contributed by atoms with Crippen LogP contribution in [0, 0.1) is 46.5 Å². The van der Waals surface area contributed by atoms with Crippen molar-refractivity contribution in [3.63, 3.8) is 0 Å². The predicted molar refractivity (Wildman–Crippen MR) is 200 cm³/mol. The van der Waals surface area contributed by atoms with Crippen molar-refractivity contribution >= 4 is 45.1 Å². The fourth-order valence-electron chi connectivity index (χ4n) is 7.34. The van der Waals surface area contributed by atoms with E-state index in [9.17, 15) is 0 Å². The van der Waals surface area contributed by atoms with Crippen LogP contribution in [0.2, 0.25) is 0 Å². The molecule has 0 radical (unpaired) electrons. The first-order chi connectivity index (χ1) is 30.4. The molecule has 0 saturated carbocycles. The Morgan fingerprint density at radius 2 is 0.375 bits per heavy atom. The van der Waals surface area contributed by atoms with Crippen molar-refractivity contribution in [2.75, 3.05) is 0 Å². The number of benzene rings is 4. The van der Waals surface area contributed by atoms with Gasteiger partial charge >= 0.3 is 0 Å². The summed E-state index contributed by atoms with van der Waals surface area (Å²) in [5.41, 5.74) is -27.7. The number of rotatable bonds is 4. The molecule has 0 aromatic heterocycles. The summed E-state index contributed by atoms with van der Waals surface area (Å²) in [5.74, 6) is -33.6. The maximum absolute atomic E-state index is 16.5. The quantitative estimate of drug-likeness (QED) is 0.183. The van der Waals surface area contributed by atoms with Crippen molar-refractivity contribution in [1.82, 2.24) is 0 Å². The van der Waals surface area contributed by atoms with Crippen LogP contribution in [0.1, 0.15) is 22.3 Å². The van der Waals surface area contributed by atoms with Gasteiger partial charge in [-0.25, -0.2) is 90.2 Å². The highest BCUT2D eigenvalue weighted by atomic mass is 19.2. The molecular formula is C44H12F16N4. The highest BCUT2D eigenvalue weighted by molar-refractivity contribution is 6.42. The third kappa shape index (κ3) is 6.02. The topological polar surface area (TPSA) is 49.4 Å². The maximum Gasteiger partial charge on any atom is 0.187 e. The first kappa shape index (κ1) is 41.7. The van der Waals surface area contributed by atoms with Crippen molar-refractivity contribution in [2.45, 2.75) is 0 Å². The summed E-state index contributed by atoms with van der Waals surface area (Å²) in [7, 11) is 0. The normalized spacial score (nSPS) is 17.9. The third-order valence-electron chi connectivity index (χ3n) is 10.1.